The molecule has 0 unspecified atom stereocenters. The molecule has 0 spiro atoms. The van der Waals surface area contributed by atoms with E-state index in [0.29, 0.717) is 12.8 Å². The highest BCUT2D eigenvalue weighted by Gasteiger charge is 2.34. The van der Waals surface area contributed by atoms with Crippen molar-refractivity contribution in [1.29, 1.82) is 0 Å². The van der Waals surface area contributed by atoms with Crippen LogP contribution in [0.1, 0.15) is 12.8 Å². The van der Waals surface area contributed by atoms with Crippen molar-refractivity contribution in [2.45, 2.75) is 12.8 Å². The van der Waals surface area contributed by atoms with Crippen LogP contribution < -0.4 is 0 Å². The molecule has 1 fully saturated rings. The standard InChI is InChI=1S/C6H9NO3/c8-6(9)5-1-4(2-5)3-7-10/h4-5H,1-3H2,(H,8,9). The Labute approximate surface area is 58.2 Å². The predicted octanol–water partition coefficient (Wildman–Crippen LogP) is 0.864. The van der Waals surface area contributed by atoms with Gasteiger partial charge in [-0.3, -0.25) is 4.79 Å². The van der Waals surface area contributed by atoms with Crippen LogP contribution in [0.3, 0.4) is 0 Å². The predicted molar refractivity (Wildman–Crippen MR) is 34.5 cm³/mol. The van der Waals surface area contributed by atoms with Gasteiger partial charge in [-0.2, -0.15) is 4.91 Å². The van der Waals surface area contributed by atoms with Crippen molar-refractivity contribution in [2.24, 2.45) is 17.0 Å². The number of carboxylic acid groups (broad SMARTS) is 1. The van der Waals surface area contributed by atoms with Crippen LogP contribution in [0.25, 0.3) is 0 Å². The van der Waals surface area contributed by atoms with Gasteiger partial charge < -0.3 is 5.11 Å². The smallest absolute Gasteiger partial charge is 0.306 e. The van der Waals surface area contributed by atoms with Crippen molar-refractivity contribution < 1.29 is 9.90 Å². The first-order chi connectivity index (χ1) is 4.74. The number of hydrogen-bond acceptors (Lipinski definition) is 3. The van der Waals surface area contributed by atoms with Gasteiger partial charge in [0.15, 0.2) is 0 Å². The Hall–Kier alpha value is -0.930. The molecular weight excluding hydrogens is 134 g/mol. The molecule has 0 radical (unpaired) electrons. The summed E-state index contributed by atoms with van der Waals surface area (Å²) in [5.74, 6) is -0.729. The summed E-state index contributed by atoms with van der Waals surface area (Å²) in [7, 11) is 0. The molecular formula is C6H9NO3. The molecule has 56 valence electrons. The van der Waals surface area contributed by atoms with Gasteiger partial charge in [-0.15, -0.1) is 0 Å². The number of aliphatic carboxylic acids is 1. The Balaban J connectivity index is 2.17. The molecule has 1 aliphatic rings. The third-order valence-corrected chi connectivity index (χ3v) is 1.92. The molecule has 10 heavy (non-hydrogen) atoms. The fraction of sp³-hybridized carbons (Fsp3) is 0.833. The second kappa shape index (κ2) is 2.77. The lowest BCUT2D eigenvalue weighted by Gasteiger charge is -2.29. The summed E-state index contributed by atoms with van der Waals surface area (Å²) in [5, 5.41) is 11.1. The first kappa shape index (κ1) is 7.18. The second-order valence-electron chi connectivity index (χ2n) is 2.68. The molecule has 0 bridgehead atoms. The summed E-state index contributed by atoms with van der Waals surface area (Å²) >= 11 is 0. The minimum atomic E-state index is -0.748. The number of hydrogen-bond donors (Lipinski definition) is 1. The summed E-state index contributed by atoms with van der Waals surface area (Å²) in [6.07, 6.45) is 1.25. The van der Waals surface area contributed by atoms with Gasteiger partial charge in [-0.05, 0) is 18.8 Å². The van der Waals surface area contributed by atoms with Crippen LogP contribution in [0.4, 0.5) is 0 Å². The topological polar surface area (TPSA) is 66.7 Å². The van der Waals surface area contributed by atoms with Crippen LogP contribution in [0.5, 0.6) is 0 Å². The zero-order valence-corrected chi connectivity index (χ0v) is 5.49. The van der Waals surface area contributed by atoms with E-state index in [1.54, 1.807) is 0 Å². The number of carboxylic acids is 1. The third kappa shape index (κ3) is 1.32. The third-order valence-electron chi connectivity index (χ3n) is 1.92. The van der Waals surface area contributed by atoms with Crippen molar-refractivity contribution in [3.05, 3.63) is 4.91 Å². The van der Waals surface area contributed by atoms with Gasteiger partial charge in [0.05, 0.1) is 12.5 Å². The number of nitroso groups, excluding NO2 is 1. The summed E-state index contributed by atoms with van der Waals surface area (Å²) in [6, 6.07) is 0. The van der Waals surface area contributed by atoms with Crippen LogP contribution in [-0.4, -0.2) is 17.6 Å². The van der Waals surface area contributed by atoms with Gasteiger partial charge in [0, 0.05) is 0 Å². The minimum Gasteiger partial charge on any atom is -0.481 e. The van der Waals surface area contributed by atoms with Gasteiger partial charge in [-0.25, -0.2) is 0 Å². The Bertz CT molecular complexity index is 151. The fourth-order valence-corrected chi connectivity index (χ4v) is 1.19. The molecule has 0 aliphatic heterocycles. The SMILES string of the molecule is O=NCC1CC(C(=O)O)C1. The maximum absolute atomic E-state index is 10.2. The Morgan fingerprint density at radius 3 is 2.60 bits per heavy atom. The van der Waals surface area contributed by atoms with E-state index < -0.39 is 5.97 Å². The summed E-state index contributed by atoms with van der Waals surface area (Å²) in [4.78, 5) is 19.9. The van der Waals surface area contributed by atoms with Crippen LogP contribution in [0.2, 0.25) is 0 Å². The maximum Gasteiger partial charge on any atom is 0.306 e. The monoisotopic (exact) mass is 143 g/mol. The highest BCUT2D eigenvalue weighted by Crippen LogP contribution is 2.33. The molecule has 1 saturated carbocycles. The first-order valence-corrected chi connectivity index (χ1v) is 3.26. The van der Waals surface area contributed by atoms with E-state index in [9.17, 15) is 9.70 Å². The molecule has 0 aromatic carbocycles. The lowest BCUT2D eigenvalue weighted by atomic mass is 9.75. The summed E-state index contributed by atoms with van der Waals surface area (Å²) < 4.78 is 0. The lowest BCUT2D eigenvalue weighted by Crippen LogP contribution is -2.31. The van der Waals surface area contributed by atoms with E-state index in [0.717, 1.165) is 0 Å². The van der Waals surface area contributed by atoms with Crippen LogP contribution in [-0.2, 0) is 4.79 Å². The van der Waals surface area contributed by atoms with E-state index in [2.05, 4.69) is 5.18 Å². The highest BCUT2D eigenvalue weighted by molar-refractivity contribution is 5.71. The number of nitrogens with zero attached hydrogens (tertiary/aromatic N) is 1. The van der Waals surface area contributed by atoms with Crippen molar-refractivity contribution in [1.82, 2.24) is 0 Å². The molecule has 1 rings (SSSR count). The molecule has 4 nitrogen and oxygen atoms in total. The molecule has 0 saturated heterocycles. The van der Waals surface area contributed by atoms with Gasteiger partial charge >= 0.3 is 5.97 Å². The van der Waals surface area contributed by atoms with E-state index in [-0.39, 0.29) is 18.4 Å². The first-order valence-electron chi connectivity index (χ1n) is 3.26. The maximum atomic E-state index is 10.2. The van der Waals surface area contributed by atoms with E-state index in [4.69, 9.17) is 5.11 Å². The summed E-state index contributed by atoms with van der Waals surface area (Å²) in [5.41, 5.74) is 0. The average Bonchev–Trinajstić information content (AvgIpc) is 1.76. The molecule has 0 heterocycles. The fourth-order valence-electron chi connectivity index (χ4n) is 1.19. The minimum absolute atomic E-state index is 0.216. The van der Waals surface area contributed by atoms with E-state index in [1.807, 2.05) is 0 Å². The van der Waals surface area contributed by atoms with Gasteiger partial charge in [-0.1, -0.05) is 5.18 Å². The molecule has 1 N–H and O–H groups in total. The Morgan fingerprint density at radius 2 is 2.20 bits per heavy atom. The number of carbonyl (C=O) groups is 1. The molecule has 1 aliphatic carbocycles. The molecule has 0 aromatic rings. The quantitative estimate of drug-likeness (QED) is 0.596. The van der Waals surface area contributed by atoms with Crippen molar-refractivity contribution in [3.63, 3.8) is 0 Å². The second-order valence-corrected chi connectivity index (χ2v) is 2.68. The number of rotatable bonds is 3. The molecule has 0 aromatic heterocycles. The van der Waals surface area contributed by atoms with E-state index >= 15 is 0 Å². The van der Waals surface area contributed by atoms with Crippen LogP contribution in [0, 0.1) is 16.7 Å². The lowest BCUT2D eigenvalue weighted by molar-refractivity contribution is -0.146. The summed E-state index contributed by atoms with van der Waals surface area (Å²) in [6.45, 7) is 0.282. The van der Waals surface area contributed by atoms with Gasteiger partial charge in [0.2, 0.25) is 0 Å². The normalized spacial score (nSPS) is 30.8. The molecule has 0 amide bonds. The van der Waals surface area contributed by atoms with Crippen molar-refractivity contribution in [2.75, 3.05) is 6.54 Å². The van der Waals surface area contributed by atoms with E-state index in [1.165, 1.54) is 0 Å². The molecule has 0 atom stereocenters. The highest BCUT2D eigenvalue weighted by atomic mass is 16.4. The average molecular weight is 143 g/mol. The van der Waals surface area contributed by atoms with Crippen LogP contribution >= 0.6 is 0 Å². The zero-order valence-electron chi connectivity index (χ0n) is 5.49. The van der Waals surface area contributed by atoms with Gasteiger partial charge in [0.25, 0.3) is 0 Å². The Morgan fingerprint density at radius 1 is 1.60 bits per heavy atom. The van der Waals surface area contributed by atoms with Crippen molar-refractivity contribution in [3.8, 4) is 0 Å². The Kier molecular flexibility index (Phi) is 1.99. The van der Waals surface area contributed by atoms with Gasteiger partial charge in [0.1, 0.15) is 0 Å². The largest absolute Gasteiger partial charge is 0.481 e. The molecule has 4 heteroatoms. The van der Waals surface area contributed by atoms with Crippen LogP contribution in [0.15, 0.2) is 5.18 Å². The zero-order chi connectivity index (χ0) is 7.56. The van der Waals surface area contributed by atoms with Crippen molar-refractivity contribution >= 4 is 5.97 Å².